The van der Waals surface area contributed by atoms with Crippen LogP contribution in [0.25, 0.3) is 0 Å². The van der Waals surface area contributed by atoms with E-state index < -0.39 is 0 Å². The summed E-state index contributed by atoms with van der Waals surface area (Å²) in [5.74, 6) is 1.00. The van der Waals surface area contributed by atoms with Crippen molar-refractivity contribution in [3.05, 3.63) is 52.0 Å². The number of hydrogen-bond donors (Lipinski definition) is 2. The van der Waals surface area contributed by atoms with Crippen molar-refractivity contribution in [1.29, 1.82) is 0 Å². The van der Waals surface area contributed by atoms with Crippen LogP contribution in [-0.2, 0) is 6.42 Å². The van der Waals surface area contributed by atoms with Crippen LogP contribution in [0.15, 0.2) is 35.1 Å². The first kappa shape index (κ1) is 12.3. The number of nitrogens with zero attached hydrogens (tertiary/aromatic N) is 1. The summed E-state index contributed by atoms with van der Waals surface area (Å²) >= 11 is 3.52. The summed E-state index contributed by atoms with van der Waals surface area (Å²) in [5, 5.41) is 3.33. The molecule has 1 aromatic carbocycles. The van der Waals surface area contributed by atoms with Crippen molar-refractivity contribution in [3.8, 4) is 0 Å². The highest BCUT2D eigenvalue weighted by Gasteiger charge is 2.12. The number of likely N-dealkylation sites (N-methyl/N-ethyl adjacent to an activating group) is 1. The van der Waals surface area contributed by atoms with Crippen LogP contribution in [0.1, 0.15) is 23.0 Å². The van der Waals surface area contributed by atoms with Crippen molar-refractivity contribution in [3.63, 3.8) is 0 Å². The fourth-order valence-electron chi connectivity index (χ4n) is 1.87. The van der Waals surface area contributed by atoms with E-state index in [-0.39, 0.29) is 6.04 Å². The minimum absolute atomic E-state index is 0.285. The van der Waals surface area contributed by atoms with Crippen molar-refractivity contribution >= 4 is 15.9 Å². The summed E-state index contributed by atoms with van der Waals surface area (Å²) in [7, 11) is 1.98. The van der Waals surface area contributed by atoms with Crippen LogP contribution in [0.5, 0.6) is 0 Å². The van der Waals surface area contributed by atoms with Crippen molar-refractivity contribution in [1.82, 2.24) is 15.3 Å². The number of nitrogens with one attached hydrogen (secondary N) is 2. The molecule has 1 atom stereocenters. The first-order valence-electron chi connectivity index (χ1n) is 5.62. The van der Waals surface area contributed by atoms with Gasteiger partial charge in [0.2, 0.25) is 0 Å². The van der Waals surface area contributed by atoms with E-state index in [2.05, 4.69) is 56.3 Å². The average molecular weight is 294 g/mol. The van der Waals surface area contributed by atoms with Gasteiger partial charge in [0.15, 0.2) is 0 Å². The third-order valence-electron chi connectivity index (χ3n) is 2.89. The quantitative estimate of drug-likeness (QED) is 0.910. The molecular formula is C13H16BrN3. The molecule has 1 aromatic heterocycles. The molecule has 0 saturated heterocycles. The lowest BCUT2D eigenvalue weighted by Gasteiger charge is -2.16. The van der Waals surface area contributed by atoms with Crippen LogP contribution in [0.3, 0.4) is 0 Å². The molecule has 0 spiro atoms. The number of benzene rings is 1. The monoisotopic (exact) mass is 293 g/mol. The van der Waals surface area contributed by atoms with E-state index >= 15 is 0 Å². The summed E-state index contributed by atoms with van der Waals surface area (Å²) in [4.78, 5) is 7.40. The fourth-order valence-corrected chi connectivity index (χ4v) is 2.12. The maximum Gasteiger partial charge on any atom is 0.107 e. The molecule has 0 aliphatic heterocycles. The van der Waals surface area contributed by atoms with Crippen LogP contribution in [0, 0.1) is 6.92 Å². The number of halogens is 1. The Bertz CT molecular complexity index is 479. The standard InChI is InChI=1S/C13H16BrN3/c1-9-7-10(3-4-11(9)14)12(15-2)8-13-16-5-6-17-13/h3-7,12,15H,8H2,1-2H3,(H,16,17). The summed E-state index contributed by atoms with van der Waals surface area (Å²) in [6.07, 6.45) is 4.51. The molecule has 1 unspecified atom stereocenters. The van der Waals surface area contributed by atoms with Gasteiger partial charge >= 0.3 is 0 Å². The Labute approximate surface area is 110 Å². The SMILES string of the molecule is CNC(Cc1ncc[nH]1)c1ccc(Br)c(C)c1. The summed E-state index contributed by atoms with van der Waals surface area (Å²) < 4.78 is 1.15. The van der Waals surface area contributed by atoms with E-state index in [0.717, 1.165) is 16.7 Å². The molecule has 4 heteroatoms. The average Bonchev–Trinajstić information content (AvgIpc) is 2.82. The second-order valence-corrected chi connectivity index (χ2v) is 4.94. The van der Waals surface area contributed by atoms with Gasteiger partial charge in [-0.1, -0.05) is 28.1 Å². The predicted octanol–water partition coefficient (Wildman–Crippen LogP) is 2.98. The first-order valence-corrected chi connectivity index (χ1v) is 6.41. The van der Waals surface area contributed by atoms with Gasteiger partial charge in [-0.25, -0.2) is 4.98 Å². The topological polar surface area (TPSA) is 40.7 Å². The molecule has 0 aliphatic rings. The van der Waals surface area contributed by atoms with Crippen LogP contribution in [0.2, 0.25) is 0 Å². The molecule has 3 nitrogen and oxygen atoms in total. The van der Waals surface area contributed by atoms with Gasteiger partial charge in [0.1, 0.15) is 5.82 Å². The van der Waals surface area contributed by atoms with E-state index in [0.29, 0.717) is 0 Å². The fraction of sp³-hybridized carbons (Fsp3) is 0.308. The van der Waals surface area contributed by atoms with Crippen LogP contribution in [0.4, 0.5) is 0 Å². The minimum atomic E-state index is 0.285. The maximum absolute atomic E-state index is 4.26. The number of aromatic amines is 1. The Hall–Kier alpha value is -1.13. The Morgan fingerprint density at radius 1 is 1.47 bits per heavy atom. The van der Waals surface area contributed by atoms with E-state index in [1.165, 1.54) is 11.1 Å². The van der Waals surface area contributed by atoms with E-state index in [9.17, 15) is 0 Å². The number of hydrogen-bond acceptors (Lipinski definition) is 2. The third kappa shape index (κ3) is 2.96. The maximum atomic E-state index is 4.26. The Kier molecular flexibility index (Phi) is 3.97. The van der Waals surface area contributed by atoms with Gasteiger partial charge in [-0.3, -0.25) is 0 Å². The number of imidazole rings is 1. The second kappa shape index (κ2) is 5.47. The van der Waals surface area contributed by atoms with Crippen molar-refractivity contribution < 1.29 is 0 Å². The van der Waals surface area contributed by atoms with E-state index in [1.807, 2.05) is 13.2 Å². The molecule has 0 aliphatic carbocycles. The Morgan fingerprint density at radius 3 is 2.88 bits per heavy atom. The lowest BCUT2D eigenvalue weighted by Crippen LogP contribution is -2.19. The zero-order valence-electron chi connectivity index (χ0n) is 10.00. The lowest BCUT2D eigenvalue weighted by molar-refractivity contribution is 0.577. The van der Waals surface area contributed by atoms with Crippen molar-refractivity contribution in [2.24, 2.45) is 0 Å². The molecule has 2 rings (SSSR count). The number of rotatable bonds is 4. The van der Waals surface area contributed by atoms with Gasteiger partial charge in [0.05, 0.1) is 0 Å². The number of H-pyrrole nitrogens is 1. The van der Waals surface area contributed by atoms with Gasteiger partial charge in [0.25, 0.3) is 0 Å². The molecule has 0 amide bonds. The Morgan fingerprint density at radius 2 is 2.29 bits per heavy atom. The molecule has 90 valence electrons. The molecule has 0 bridgehead atoms. The van der Waals surface area contributed by atoms with Crippen LogP contribution < -0.4 is 5.32 Å². The molecule has 17 heavy (non-hydrogen) atoms. The smallest absolute Gasteiger partial charge is 0.107 e. The summed E-state index contributed by atoms with van der Waals surface area (Å²) in [6.45, 7) is 2.10. The van der Waals surface area contributed by atoms with Gasteiger partial charge in [0, 0.05) is 29.3 Å². The van der Waals surface area contributed by atoms with Gasteiger partial charge in [-0.05, 0) is 31.2 Å². The second-order valence-electron chi connectivity index (χ2n) is 4.09. The van der Waals surface area contributed by atoms with Crippen molar-refractivity contribution in [2.45, 2.75) is 19.4 Å². The molecule has 0 fully saturated rings. The third-order valence-corrected chi connectivity index (χ3v) is 3.77. The largest absolute Gasteiger partial charge is 0.349 e. The van der Waals surface area contributed by atoms with E-state index in [1.54, 1.807) is 6.20 Å². The predicted molar refractivity (Wildman–Crippen MR) is 73.0 cm³/mol. The molecule has 2 N–H and O–H groups in total. The van der Waals surface area contributed by atoms with Gasteiger partial charge in [-0.15, -0.1) is 0 Å². The highest BCUT2D eigenvalue weighted by molar-refractivity contribution is 9.10. The molecule has 0 radical (unpaired) electrons. The number of aryl methyl sites for hydroxylation is 1. The summed E-state index contributed by atoms with van der Waals surface area (Å²) in [5.41, 5.74) is 2.53. The van der Waals surface area contributed by atoms with Crippen molar-refractivity contribution in [2.75, 3.05) is 7.05 Å². The van der Waals surface area contributed by atoms with E-state index in [4.69, 9.17) is 0 Å². The van der Waals surface area contributed by atoms with Crippen LogP contribution in [-0.4, -0.2) is 17.0 Å². The minimum Gasteiger partial charge on any atom is -0.349 e. The molecular weight excluding hydrogens is 278 g/mol. The lowest BCUT2D eigenvalue weighted by atomic mass is 10.0. The zero-order chi connectivity index (χ0) is 12.3. The summed E-state index contributed by atoms with van der Waals surface area (Å²) in [6, 6.07) is 6.72. The molecule has 2 aromatic rings. The Balaban J connectivity index is 2.20. The van der Waals surface area contributed by atoms with Crippen LogP contribution >= 0.6 is 15.9 Å². The van der Waals surface area contributed by atoms with Gasteiger partial charge in [-0.2, -0.15) is 0 Å². The zero-order valence-corrected chi connectivity index (χ0v) is 11.6. The normalized spacial score (nSPS) is 12.6. The number of aromatic nitrogens is 2. The highest BCUT2D eigenvalue weighted by atomic mass is 79.9. The van der Waals surface area contributed by atoms with Gasteiger partial charge < -0.3 is 10.3 Å². The highest BCUT2D eigenvalue weighted by Crippen LogP contribution is 2.22. The molecule has 0 saturated carbocycles. The molecule has 1 heterocycles. The first-order chi connectivity index (χ1) is 8.20.